The van der Waals surface area contributed by atoms with Gasteiger partial charge in [0.05, 0.1) is 18.4 Å². The van der Waals surface area contributed by atoms with Gasteiger partial charge in [0.1, 0.15) is 0 Å². The molecule has 6 heteroatoms. The number of pyridine rings is 1. The van der Waals surface area contributed by atoms with E-state index in [0.717, 1.165) is 11.4 Å². The fraction of sp³-hybridized carbons (Fsp3) is 0.706. The first kappa shape index (κ1) is 18.2. The molecule has 1 heterocycles. The maximum Gasteiger partial charge on any atom is 0.522 e. The molecular weight excluding hydrogens is 307 g/mol. The zero-order chi connectivity index (χ0) is 16.9. The third kappa shape index (κ3) is 6.47. The number of halogens is 3. The van der Waals surface area contributed by atoms with Crippen LogP contribution in [0.3, 0.4) is 0 Å². The summed E-state index contributed by atoms with van der Waals surface area (Å²) in [5.41, 5.74) is 1.82. The Balaban J connectivity index is 1.86. The van der Waals surface area contributed by atoms with Crippen LogP contribution >= 0.6 is 0 Å². The predicted molar refractivity (Wildman–Crippen MR) is 80.9 cm³/mol. The molecule has 1 aliphatic carbocycles. The number of aromatic nitrogens is 1. The second-order valence-electron chi connectivity index (χ2n) is 6.50. The Bertz CT molecular complexity index is 483. The van der Waals surface area contributed by atoms with E-state index < -0.39 is 12.5 Å². The summed E-state index contributed by atoms with van der Waals surface area (Å²) in [6.45, 7) is 5.33. The van der Waals surface area contributed by atoms with E-state index in [4.69, 9.17) is 4.74 Å². The van der Waals surface area contributed by atoms with E-state index in [1.54, 1.807) is 0 Å². The van der Waals surface area contributed by atoms with E-state index in [1.165, 1.54) is 0 Å². The normalized spacial score (nSPS) is 22.5. The number of alkyl halides is 3. The molecule has 0 aromatic carbocycles. The van der Waals surface area contributed by atoms with Crippen LogP contribution in [-0.4, -0.2) is 24.1 Å². The summed E-state index contributed by atoms with van der Waals surface area (Å²) >= 11 is 0. The summed E-state index contributed by atoms with van der Waals surface area (Å²) in [6.07, 6.45) is -3.08. The van der Waals surface area contributed by atoms with E-state index in [9.17, 15) is 13.2 Å². The highest BCUT2D eigenvalue weighted by Gasteiger charge is 2.35. The molecule has 1 saturated carbocycles. The number of hydrogen-bond acceptors (Lipinski definition) is 3. The molecule has 130 valence electrons. The highest BCUT2D eigenvalue weighted by Crippen LogP contribution is 2.35. The van der Waals surface area contributed by atoms with Crippen LogP contribution in [0.5, 0.6) is 0 Å². The zero-order valence-electron chi connectivity index (χ0n) is 13.6. The van der Waals surface area contributed by atoms with Gasteiger partial charge in [0.2, 0.25) is 0 Å². The molecule has 0 spiro atoms. The molecule has 1 aliphatic rings. The molecule has 0 radical (unpaired) electrons. The number of rotatable bonds is 6. The van der Waals surface area contributed by atoms with Gasteiger partial charge in [0.15, 0.2) is 0 Å². The lowest BCUT2D eigenvalue weighted by Gasteiger charge is -2.28. The molecule has 23 heavy (non-hydrogen) atoms. The minimum absolute atomic E-state index is 0.202. The van der Waals surface area contributed by atoms with Crippen molar-refractivity contribution >= 4 is 0 Å². The molecule has 0 bridgehead atoms. The maximum absolute atomic E-state index is 12.2. The second kappa shape index (κ2) is 8.11. The molecule has 3 nitrogen and oxygen atoms in total. The van der Waals surface area contributed by atoms with Crippen molar-refractivity contribution in [3.8, 4) is 0 Å². The number of hydrogen-bond donors (Lipinski definition) is 0. The lowest BCUT2D eigenvalue weighted by atomic mass is 9.85. The minimum atomic E-state index is -4.54. The summed E-state index contributed by atoms with van der Waals surface area (Å²) in [6, 6.07) is 5.80. The Morgan fingerprint density at radius 3 is 2.48 bits per heavy atom. The molecule has 1 aromatic heterocycles. The molecule has 0 atom stereocenters. The molecule has 0 aliphatic heterocycles. The lowest BCUT2D eigenvalue weighted by molar-refractivity contribution is -0.345. The Labute approximate surface area is 135 Å². The molecule has 0 unspecified atom stereocenters. The fourth-order valence-corrected chi connectivity index (χ4v) is 2.87. The topological polar surface area (TPSA) is 31.4 Å². The van der Waals surface area contributed by atoms with Crippen molar-refractivity contribution in [2.75, 3.05) is 6.61 Å². The van der Waals surface area contributed by atoms with E-state index in [1.807, 2.05) is 18.2 Å². The average Bonchev–Trinajstić information content (AvgIpc) is 2.46. The Morgan fingerprint density at radius 2 is 1.87 bits per heavy atom. The number of nitrogens with zero attached hydrogens (tertiary/aromatic N) is 1. The standard InChI is InChI=1S/C17H24F3NO2/c1-12(2)10-22-11-14-4-3-5-16(21-14)13-6-8-15(9-7-13)23-17(18,19)20/h3-5,12-13,15H,6-11H2,1-2H3. The highest BCUT2D eigenvalue weighted by molar-refractivity contribution is 5.15. The van der Waals surface area contributed by atoms with Crippen LogP contribution in [0, 0.1) is 5.92 Å². The fourth-order valence-electron chi connectivity index (χ4n) is 2.87. The van der Waals surface area contributed by atoms with Crippen LogP contribution in [0.2, 0.25) is 0 Å². The quantitative estimate of drug-likeness (QED) is 0.749. The Kier molecular flexibility index (Phi) is 6.41. The molecule has 1 aromatic rings. The Morgan fingerprint density at radius 1 is 1.17 bits per heavy atom. The van der Waals surface area contributed by atoms with Crippen molar-refractivity contribution in [1.29, 1.82) is 0 Å². The molecule has 1 fully saturated rings. The second-order valence-corrected chi connectivity index (χ2v) is 6.50. The van der Waals surface area contributed by atoms with Crippen LogP contribution in [0.4, 0.5) is 13.2 Å². The van der Waals surface area contributed by atoms with E-state index >= 15 is 0 Å². The van der Waals surface area contributed by atoms with Crippen LogP contribution in [0.25, 0.3) is 0 Å². The SMILES string of the molecule is CC(C)COCc1cccc(C2CCC(OC(F)(F)F)CC2)n1. The van der Waals surface area contributed by atoms with Crippen LogP contribution in [0.15, 0.2) is 18.2 Å². The van der Waals surface area contributed by atoms with Gasteiger partial charge in [-0.1, -0.05) is 19.9 Å². The summed E-state index contributed by atoms with van der Waals surface area (Å²) < 4.78 is 46.4. The van der Waals surface area contributed by atoms with Crippen LogP contribution in [-0.2, 0) is 16.1 Å². The summed E-state index contributed by atoms with van der Waals surface area (Å²) in [7, 11) is 0. The van der Waals surface area contributed by atoms with E-state index in [2.05, 4.69) is 23.6 Å². The predicted octanol–water partition coefficient (Wildman–Crippen LogP) is 4.82. The van der Waals surface area contributed by atoms with Gasteiger partial charge in [-0.2, -0.15) is 0 Å². The van der Waals surface area contributed by atoms with Gasteiger partial charge < -0.3 is 4.74 Å². The number of ether oxygens (including phenoxy) is 2. The first-order chi connectivity index (χ1) is 10.8. The molecular formula is C17H24F3NO2. The van der Waals surface area contributed by atoms with E-state index in [0.29, 0.717) is 44.8 Å². The van der Waals surface area contributed by atoms with Crippen molar-refractivity contribution < 1.29 is 22.6 Å². The zero-order valence-corrected chi connectivity index (χ0v) is 13.6. The summed E-state index contributed by atoms with van der Waals surface area (Å²) in [5.74, 6) is 0.676. The average molecular weight is 331 g/mol. The molecule has 0 saturated heterocycles. The lowest BCUT2D eigenvalue weighted by Crippen LogP contribution is -2.27. The maximum atomic E-state index is 12.2. The third-order valence-electron chi connectivity index (χ3n) is 3.92. The van der Waals surface area contributed by atoms with Gasteiger partial charge in [-0.25, -0.2) is 0 Å². The van der Waals surface area contributed by atoms with Gasteiger partial charge in [-0.05, 0) is 43.7 Å². The summed E-state index contributed by atoms with van der Waals surface area (Å²) in [4.78, 5) is 4.60. The van der Waals surface area contributed by atoms with Gasteiger partial charge >= 0.3 is 6.36 Å². The van der Waals surface area contributed by atoms with Crippen molar-refractivity contribution in [3.05, 3.63) is 29.6 Å². The van der Waals surface area contributed by atoms with Crippen molar-refractivity contribution in [3.63, 3.8) is 0 Å². The minimum Gasteiger partial charge on any atom is -0.375 e. The van der Waals surface area contributed by atoms with Crippen molar-refractivity contribution in [2.45, 2.75) is 64.5 Å². The molecule has 0 N–H and O–H groups in total. The Hall–Kier alpha value is -1.14. The van der Waals surface area contributed by atoms with Gasteiger partial charge in [0, 0.05) is 18.2 Å². The first-order valence-corrected chi connectivity index (χ1v) is 8.11. The van der Waals surface area contributed by atoms with Crippen molar-refractivity contribution in [1.82, 2.24) is 4.98 Å². The monoisotopic (exact) mass is 331 g/mol. The van der Waals surface area contributed by atoms with Crippen LogP contribution in [0.1, 0.15) is 56.8 Å². The van der Waals surface area contributed by atoms with Gasteiger partial charge in [-0.3, -0.25) is 9.72 Å². The van der Waals surface area contributed by atoms with E-state index in [-0.39, 0.29) is 5.92 Å². The van der Waals surface area contributed by atoms with Crippen LogP contribution < -0.4 is 0 Å². The summed E-state index contributed by atoms with van der Waals surface area (Å²) in [5, 5.41) is 0. The first-order valence-electron chi connectivity index (χ1n) is 8.11. The smallest absolute Gasteiger partial charge is 0.375 e. The van der Waals surface area contributed by atoms with Gasteiger partial charge in [0.25, 0.3) is 0 Å². The highest BCUT2D eigenvalue weighted by atomic mass is 19.4. The third-order valence-corrected chi connectivity index (χ3v) is 3.92. The largest absolute Gasteiger partial charge is 0.522 e. The van der Waals surface area contributed by atoms with Gasteiger partial charge in [-0.15, -0.1) is 13.2 Å². The van der Waals surface area contributed by atoms with Crippen molar-refractivity contribution in [2.24, 2.45) is 5.92 Å². The molecule has 2 rings (SSSR count). The molecule has 0 amide bonds.